The van der Waals surface area contributed by atoms with E-state index in [1.54, 1.807) is 44.2 Å². The van der Waals surface area contributed by atoms with Crippen molar-refractivity contribution >= 4 is 23.7 Å². The van der Waals surface area contributed by atoms with Gasteiger partial charge < -0.3 is 36.2 Å². The minimum absolute atomic E-state index is 0.0458. The van der Waals surface area contributed by atoms with Crippen LogP contribution >= 0.6 is 0 Å². The number of allylic oxidation sites excluding steroid dienone is 2. The summed E-state index contributed by atoms with van der Waals surface area (Å²) in [6.07, 6.45) is 2.85. The lowest BCUT2D eigenvalue weighted by atomic mass is 9.80. The average molecular weight is 549 g/mol. The number of nitrogens with one attached hydrogen (secondary N) is 3. The summed E-state index contributed by atoms with van der Waals surface area (Å²) in [6.45, 7) is 6.49. The van der Waals surface area contributed by atoms with E-state index in [2.05, 4.69) is 26.9 Å². The van der Waals surface area contributed by atoms with Crippen LogP contribution in [0.3, 0.4) is 0 Å². The third kappa shape index (κ3) is 6.81. The minimum atomic E-state index is -1.21. The topological polar surface area (TPSA) is 151 Å². The molecule has 1 saturated heterocycles. The number of aliphatic carboxylic acids is 2. The van der Waals surface area contributed by atoms with Gasteiger partial charge in [0.25, 0.3) is 0 Å². The molecule has 2 aromatic rings. The van der Waals surface area contributed by atoms with Crippen molar-refractivity contribution in [1.29, 1.82) is 0 Å². The molecule has 10 heteroatoms. The number of amides is 2. The predicted octanol–water partition coefficient (Wildman–Crippen LogP) is 4.19. The molecule has 2 aromatic carbocycles. The molecule has 40 heavy (non-hydrogen) atoms. The number of rotatable bonds is 9. The van der Waals surface area contributed by atoms with Gasteiger partial charge in [0.05, 0.1) is 17.1 Å². The van der Waals surface area contributed by atoms with Crippen molar-refractivity contribution in [3.05, 3.63) is 82.2 Å². The molecule has 10 nitrogen and oxygen atoms in total. The van der Waals surface area contributed by atoms with Gasteiger partial charge in [-0.15, -0.1) is 0 Å². The molecule has 0 unspecified atom stereocenters. The van der Waals surface area contributed by atoms with Crippen LogP contribution < -0.4 is 16.0 Å². The molecule has 2 aliphatic rings. The Labute approximate surface area is 233 Å². The highest BCUT2D eigenvalue weighted by atomic mass is 16.4. The Morgan fingerprint density at radius 2 is 1.55 bits per heavy atom. The number of anilines is 1. The monoisotopic (exact) mass is 548 g/mol. The quantitative estimate of drug-likeness (QED) is 0.255. The first kappa shape index (κ1) is 28.7. The van der Waals surface area contributed by atoms with E-state index in [1.165, 1.54) is 5.56 Å². The fourth-order valence-corrected chi connectivity index (χ4v) is 5.64. The molecule has 0 radical (unpaired) electrons. The van der Waals surface area contributed by atoms with E-state index in [4.69, 9.17) is 0 Å². The zero-order chi connectivity index (χ0) is 28.8. The number of likely N-dealkylation sites (tertiary alicyclic amines) is 1. The number of piperidine rings is 1. The van der Waals surface area contributed by atoms with E-state index in [-0.39, 0.29) is 17.2 Å². The maximum absolute atomic E-state index is 12.6. The summed E-state index contributed by atoms with van der Waals surface area (Å²) in [5.41, 5.74) is 2.73. The van der Waals surface area contributed by atoms with Crippen molar-refractivity contribution in [2.75, 3.05) is 31.5 Å². The van der Waals surface area contributed by atoms with Gasteiger partial charge in [0, 0.05) is 23.6 Å². The van der Waals surface area contributed by atoms with Crippen LogP contribution in [0.15, 0.2) is 71.1 Å². The number of urea groups is 1. The Balaban J connectivity index is 1.29. The van der Waals surface area contributed by atoms with Crippen molar-refractivity contribution in [3.63, 3.8) is 0 Å². The number of carbonyl (C=O) groups excluding carboxylic acids is 1. The molecule has 2 aliphatic heterocycles. The molecule has 1 fully saturated rings. The first-order chi connectivity index (χ1) is 19.1. The third-order valence-corrected chi connectivity index (χ3v) is 7.56. The maximum Gasteiger partial charge on any atom is 0.334 e. The lowest BCUT2D eigenvalue weighted by Crippen LogP contribution is -2.36. The second kappa shape index (κ2) is 12.7. The van der Waals surface area contributed by atoms with E-state index in [0.717, 1.165) is 38.9 Å². The molecular formula is C30H36N4O6. The Kier molecular flexibility index (Phi) is 9.11. The highest BCUT2D eigenvalue weighted by Gasteiger charge is 2.36. The van der Waals surface area contributed by atoms with Crippen LogP contribution in [0.4, 0.5) is 10.5 Å². The van der Waals surface area contributed by atoms with Gasteiger partial charge in [0.2, 0.25) is 0 Å². The normalized spacial score (nSPS) is 16.9. The number of carboxylic acids is 2. The molecule has 212 valence electrons. The lowest BCUT2D eigenvalue weighted by molar-refractivity contribution is -0.133. The fourth-order valence-electron chi connectivity index (χ4n) is 5.64. The first-order valence-corrected chi connectivity index (χ1v) is 13.4. The molecule has 0 aliphatic carbocycles. The number of aromatic hydroxyl groups is 1. The lowest BCUT2D eigenvalue weighted by Gasteiger charge is -2.32. The highest BCUT2D eigenvalue weighted by molar-refractivity contribution is 5.98. The van der Waals surface area contributed by atoms with Gasteiger partial charge in [-0.2, -0.15) is 0 Å². The Hall–Kier alpha value is -4.31. The molecule has 0 aromatic heterocycles. The number of hydrogen-bond donors (Lipinski definition) is 6. The van der Waals surface area contributed by atoms with Gasteiger partial charge in [-0.05, 0) is 94.1 Å². The number of nitrogens with zero attached hydrogens (tertiary/aromatic N) is 1. The molecule has 4 rings (SSSR count). The van der Waals surface area contributed by atoms with Gasteiger partial charge in [0.1, 0.15) is 5.75 Å². The smallest absolute Gasteiger partial charge is 0.334 e. The summed E-state index contributed by atoms with van der Waals surface area (Å²) in [5, 5.41) is 37.9. The maximum atomic E-state index is 12.6. The van der Waals surface area contributed by atoms with Gasteiger partial charge in [-0.25, -0.2) is 14.4 Å². The summed E-state index contributed by atoms with van der Waals surface area (Å²) in [6, 6.07) is 13.7. The van der Waals surface area contributed by atoms with E-state index in [9.17, 15) is 29.7 Å². The fraction of sp³-hybridized carbons (Fsp3) is 0.367. The van der Waals surface area contributed by atoms with E-state index in [1.807, 2.05) is 12.1 Å². The van der Waals surface area contributed by atoms with E-state index in [0.29, 0.717) is 40.9 Å². The molecular weight excluding hydrogens is 512 g/mol. The minimum Gasteiger partial charge on any atom is -0.508 e. The summed E-state index contributed by atoms with van der Waals surface area (Å²) in [4.78, 5) is 39.0. The summed E-state index contributed by atoms with van der Waals surface area (Å²) in [7, 11) is 0. The van der Waals surface area contributed by atoms with Gasteiger partial charge in [-0.1, -0.05) is 24.3 Å². The SMILES string of the molecule is CC1=C(C(=O)O)C(c2cccc(NC(=O)NCCCN3CCC(c4cccc(O)c4)CC3)c2)C(C(=O)O)=C(C)N1. The summed E-state index contributed by atoms with van der Waals surface area (Å²) >= 11 is 0. The second-order valence-corrected chi connectivity index (χ2v) is 10.3. The predicted molar refractivity (Wildman–Crippen MR) is 151 cm³/mol. The van der Waals surface area contributed by atoms with Crippen LogP contribution in [0.2, 0.25) is 0 Å². The Morgan fingerprint density at radius 1 is 0.925 bits per heavy atom. The van der Waals surface area contributed by atoms with Gasteiger partial charge >= 0.3 is 18.0 Å². The van der Waals surface area contributed by atoms with Crippen molar-refractivity contribution in [2.24, 2.45) is 0 Å². The van der Waals surface area contributed by atoms with Crippen molar-refractivity contribution in [1.82, 2.24) is 15.5 Å². The van der Waals surface area contributed by atoms with Crippen LogP contribution in [0.1, 0.15) is 56.1 Å². The summed E-state index contributed by atoms with van der Waals surface area (Å²) in [5.74, 6) is -2.65. The first-order valence-electron chi connectivity index (χ1n) is 13.4. The van der Waals surface area contributed by atoms with Crippen LogP contribution in [-0.4, -0.2) is 64.4 Å². The average Bonchev–Trinajstić information content (AvgIpc) is 2.90. The number of phenols is 1. The number of carboxylic acid groups (broad SMARTS) is 2. The highest BCUT2D eigenvalue weighted by Crippen LogP contribution is 2.39. The summed E-state index contributed by atoms with van der Waals surface area (Å²) < 4.78 is 0. The van der Waals surface area contributed by atoms with Crippen LogP contribution in [0.25, 0.3) is 0 Å². The zero-order valence-electron chi connectivity index (χ0n) is 22.7. The van der Waals surface area contributed by atoms with Crippen molar-refractivity contribution in [3.8, 4) is 5.75 Å². The molecule has 0 saturated carbocycles. The van der Waals surface area contributed by atoms with Crippen molar-refractivity contribution in [2.45, 2.75) is 44.9 Å². The number of benzene rings is 2. The Morgan fingerprint density at radius 3 is 2.17 bits per heavy atom. The molecule has 2 amide bonds. The molecule has 6 N–H and O–H groups in total. The third-order valence-electron chi connectivity index (χ3n) is 7.56. The number of carbonyl (C=O) groups is 3. The van der Waals surface area contributed by atoms with E-state index >= 15 is 0 Å². The Bertz CT molecular complexity index is 1310. The zero-order valence-corrected chi connectivity index (χ0v) is 22.7. The number of phenolic OH excluding ortho intramolecular Hbond substituents is 1. The molecule has 2 heterocycles. The molecule has 0 bridgehead atoms. The molecule has 0 atom stereocenters. The van der Waals surface area contributed by atoms with Crippen LogP contribution in [0, 0.1) is 0 Å². The van der Waals surface area contributed by atoms with Crippen LogP contribution in [-0.2, 0) is 9.59 Å². The molecule has 0 spiro atoms. The van der Waals surface area contributed by atoms with Gasteiger partial charge in [-0.3, -0.25) is 0 Å². The number of hydrogen-bond acceptors (Lipinski definition) is 6. The standard InChI is InChI=1S/C30H36N4O6/c1-18-25(28(36)37)27(26(29(38)39)19(2)32-18)22-7-3-8-23(16-22)33-30(40)31-12-5-13-34-14-10-20(11-15-34)21-6-4-9-24(35)17-21/h3-4,6-9,16-17,20,27,32,35H,5,10-15H2,1-2H3,(H,36,37)(H,38,39)(H2,31,33,40). The van der Waals surface area contributed by atoms with Crippen molar-refractivity contribution < 1.29 is 29.7 Å². The van der Waals surface area contributed by atoms with Crippen LogP contribution in [0.5, 0.6) is 5.75 Å². The largest absolute Gasteiger partial charge is 0.508 e. The van der Waals surface area contributed by atoms with Gasteiger partial charge in [0.15, 0.2) is 0 Å². The number of dihydropyridines is 1. The second-order valence-electron chi connectivity index (χ2n) is 10.3. The van der Waals surface area contributed by atoms with E-state index < -0.39 is 17.9 Å².